The van der Waals surface area contributed by atoms with Crippen LogP contribution in [0.5, 0.6) is 0 Å². The number of rotatable bonds is 5. The molecule has 5 heteroatoms. The molecule has 0 radical (unpaired) electrons. The van der Waals surface area contributed by atoms with Gasteiger partial charge in [-0.25, -0.2) is 0 Å². The molecule has 20 heavy (non-hydrogen) atoms. The van der Waals surface area contributed by atoms with E-state index in [4.69, 9.17) is 5.73 Å². The van der Waals surface area contributed by atoms with Crippen LogP contribution < -0.4 is 16.4 Å². The fourth-order valence-electron chi connectivity index (χ4n) is 1.92. The lowest BCUT2D eigenvalue weighted by molar-refractivity contribution is -0.117. The van der Waals surface area contributed by atoms with E-state index >= 15 is 0 Å². The van der Waals surface area contributed by atoms with Crippen LogP contribution in [-0.2, 0) is 9.59 Å². The maximum absolute atomic E-state index is 11.9. The molecule has 0 aromatic heterocycles. The maximum Gasteiger partial charge on any atom is 0.241 e. The summed E-state index contributed by atoms with van der Waals surface area (Å²) in [5.41, 5.74) is 8.13. The third kappa shape index (κ3) is 5.01. The summed E-state index contributed by atoms with van der Waals surface area (Å²) in [6, 6.07) is 4.81. The first-order valence-corrected chi connectivity index (χ1v) is 6.74. The molecule has 5 nitrogen and oxygen atoms in total. The van der Waals surface area contributed by atoms with E-state index in [0.717, 1.165) is 11.3 Å². The quantitative estimate of drug-likeness (QED) is 0.772. The molecule has 0 saturated carbocycles. The number of carbonyl (C=O) groups is 2. The highest BCUT2D eigenvalue weighted by molar-refractivity contribution is 5.95. The second-order valence-corrected chi connectivity index (χ2v) is 5.44. The minimum atomic E-state index is -0.509. The Kier molecular flexibility index (Phi) is 5.70. The van der Waals surface area contributed by atoms with Crippen molar-refractivity contribution in [2.75, 3.05) is 10.6 Å². The second kappa shape index (κ2) is 7.05. The summed E-state index contributed by atoms with van der Waals surface area (Å²) in [4.78, 5) is 22.9. The van der Waals surface area contributed by atoms with Crippen LogP contribution >= 0.6 is 0 Å². The van der Waals surface area contributed by atoms with Gasteiger partial charge in [0.05, 0.1) is 6.04 Å². The molecule has 1 aromatic carbocycles. The number of nitrogens with two attached hydrogens (primary N) is 1. The fraction of sp³-hybridized carbons (Fsp3) is 0.467. The van der Waals surface area contributed by atoms with Crippen LogP contribution in [0.1, 0.15) is 32.8 Å². The van der Waals surface area contributed by atoms with E-state index in [1.54, 1.807) is 12.1 Å². The first-order valence-electron chi connectivity index (χ1n) is 6.74. The number of amides is 2. The van der Waals surface area contributed by atoms with Crippen molar-refractivity contribution in [2.24, 2.45) is 11.7 Å². The highest BCUT2D eigenvalue weighted by atomic mass is 16.2. The van der Waals surface area contributed by atoms with E-state index in [1.807, 2.05) is 26.8 Å². The summed E-state index contributed by atoms with van der Waals surface area (Å²) >= 11 is 0. The van der Waals surface area contributed by atoms with Crippen molar-refractivity contribution in [3.63, 3.8) is 0 Å². The number of hydrogen-bond acceptors (Lipinski definition) is 3. The van der Waals surface area contributed by atoms with Gasteiger partial charge >= 0.3 is 0 Å². The molecule has 0 spiro atoms. The number of nitrogens with one attached hydrogen (secondary N) is 2. The van der Waals surface area contributed by atoms with Crippen LogP contribution in [0.15, 0.2) is 18.2 Å². The van der Waals surface area contributed by atoms with Crippen molar-refractivity contribution in [3.8, 4) is 0 Å². The number of hydrogen-bond donors (Lipinski definition) is 3. The Hall–Kier alpha value is -1.88. The van der Waals surface area contributed by atoms with Crippen LogP contribution in [-0.4, -0.2) is 17.9 Å². The van der Waals surface area contributed by atoms with E-state index in [2.05, 4.69) is 10.6 Å². The van der Waals surface area contributed by atoms with Gasteiger partial charge in [0.25, 0.3) is 0 Å². The van der Waals surface area contributed by atoms with Gasteiger partial charge in [0.1, 0.15) is 0 Å². The first-order chi connectivity index (χ1) is 9.29. The van der Waals surface area contributed by atoms with E-state index in [1.165, 1.54) is 6.92 Å². The molecule has 0 heterocycles. The highest BCUT2D eigenvalue weighted by Gasteiger charge is 2.15. The number of anilines is 2. The van der Waals surface area contributed by atoms with Crippen LogP contribution in [0.3, 0.4) is 0 Å². The molecule has 0 aliphatic carbocycles. The molecule has 0 saturated heterocycles. The Morgan fingerprint density at radius 1 is 1.25 bits per heavy atom. The first kappa shape index (κ1) is 16.2. The second-order valence-electron chi connectivity index (χ2n) is 5.44. The van der Waals surface area contributed by atoms with Gasteiger partial charge in [-0.05, 0) is 43.0 Å². The highest BCUT2D eigenvalue weighted by Crippen LogP contribution is 2.20. The Labute approximate surface area is 119 Å². The lowest BCUT2D eigenvalue weighted by atomic mass is 10.0. The predicted molar refractivity (Wildman–Crippen MR) is 81.5 cm³/mol. The summed E-state index contributed by atoms with van der Waals surface area (Å²) in [5.74, 6) is 0.0637. The zero-order valence-corrected chi connectivity index (χ0v) is 12.5. The number of benzene rings is 1. The van der Waals surface area contributed by atoms with Crippen LogP contribution in [0.25, 0.3) is 0 Å². The van der Waals surface area contributed by atoms with Crippen molar-refractivity contribution in [3.05, 3.63) is 23.8 Å². The van der Waals surface area contributed by atoms with Gasteiger partial charge in [-0.15, -0.1) is 0 Å². The largest absolute Gasteiger partial charge is 0.326 e. The van der Waals surface area contributed by atoms with E-state index in [-0.39, 0.29) is 11.8 Å². The minimum Gasteiger partial charge on any atom is -0.326 e. The molecule has 1 aromatic rings. The molecule has 1 rings (SSSR count). The molecular formula is C15H23N3O2. The van der Waals surface area contributed by atoms with Gasteiger partial charge in [-0.1, -0.05) is 13.8 Å². The molecule has 0 bridgehead atoms. The molecule has 110 valence electrons. The Balaban J connectivity index is 2.71. The van der Waals surface area contributed by atoms with Crippen molar-refractivity contribution >= 4 is 23.2 Å². The van der Waals surface area contributed by atoms with Gasteiger partial charge in [-0.2, -0.15) is 0 Å². The van der Waals surface area contributed by atoms with Crippen LogP contribution in [0.2, 0.25) is 0 Å². The van der Waals surface area contributed by atoms with E-state index in [0.29, 0.717) is 18.0 Å². The Morgan fingerprint density at radius 2 is 1.90 bits per heavy atom. The van der Waals surface area contributed by atoms with Crippen molar-refractivity contribution in [1.82, 2.24) is 0 Å². The van der Waals surface area contributed by atoms with Crippen molar-refractivity contribution < 1.29 is 9.59 Å². The summed E-state index contributed by atoms with van der Waals surface area (Å²) < 4.78 is 0. The normalized spacial score (nSPS) is 12.1. The lowest BCUT2D eigenvalue weighted by Crippen LogP contribution is -2.36. The number of carbonyl (C=O) groups excluding carboxylic acids is 2. The molecule has 0 aliphatic rings. The fourth-order valence-corrected chi connectivity index (χ4v) is 1.92. The third-order valence-electron chi connectivity index (χ3n) is 2.87. The summed E-state index contributed by atoms with van der Waals surface area (Å²) in [7, 11) is 0. The third-order valence-corrected chi connectivity index (χ3v) is 2.87. The SMILES string of the molecule is CC(=O)Nc1ccc(NC(=O)C(N)CC(C)C)cc1C. The zero-order valence-electron chi connectivity index (χ0n) is 12.5. The lowest BCUT2D eigenvalue weighted by Gasteiger charge is -2.15. The standard InChI is InChI=1S/C15H23N3O2/c1-9(2)7-13(16)15(20)18-12-5-6-14(10(3)8-12)17-11(4)19/h5-6,8-9,13H,7,16H2,1-4H3,(H,17,19)(H,18,20). The number of aryl methyl sites for hydroxylation is 1. The molecule has 4 N–H and O–H groups in total. The van der Waals surface area contributed by atoms with Crippen LogP contribution in [0, 0.1) is 12.8 Å². The summed E-state index contributed by atoms with van der Waals surface area (Å²) in [5, 5.41) is 5.52. The molecule has 0 fully saturated rings. The average molecular weight is 277 g/mol. The molecular weight excluding hydrogens is 254 g/mol. The Bertz CT molecular complexity index is 498. The molecule has 2 amide bonds. The van der Waals surface area contributed by atoms with Gasteiger partial charge in [0.2, 0.25) is 11.8 Å². The average Bonchev–Trinajstić information content (AvgIpc) is 2.31. The topological polar surface area (TPSA) is 84.2 Å². The van der Waals surface area contributed by atoms with Gasteiger partial charge in [0.15, 0.2) is 0 Å². The molecule has 0 aliphatic heterocycles. The van der Waals surface area contributed by atoms with E-state index in [9.17, 15) is 9.59 Å². The molecule has 1 unspecified atom stereocenters. The van der Waals surface area contributed by atoms with Gasteiger partial charge in [0, 0.05) is 18.3 Å². The monoisotopic (exact) mass is 277 g/mol. The molecule has 1 atom stereocenters. The van der Waals surface area contributed by atoms with Gasteiger partial charge in [-0.3, -0.25) is 9.59 Å². The maximum atomic E-state index is 11.9. The smallest absolute Gasteiger partial charge is 0.241 e. The zero-order chi connectivity index (χ0) is 15.3. The minimum absolute atomic E-state index is 0.121. The van der Waals surface area contributed by atoms with Crippen molar-refractivity contribution in [1.29, 1.82) is 0 Å². The summed E-state index contributed by atoms with van der Waals surface area (Å²) in [6.07, 6.45) is 0.648. The Morgan fingerprint density at radius 3 is 2.40 bits per heavy atom. The summed E-state index contributed by atoms with van der Waals surface area (Å²) in [6.45, 7) is 7.38. The van der Waals surface area contributed by atoms with Crippen molar-refractivity contribution in [2.45, 2.75) is 40.2 Å². The van der Waals surface area contributed by atoms with Crippen LogP contribution in [0.4, 0.5) is 11.4 Å². The van der Waals surface area contributed by atoms with Gasteiger partial charge < -0.3 is 16.4 Å². The van der Waals surface area contributed by atoms with E-state index < -0.39 is 6.04 Å². The predicted octanol–water partition coefficient (Wildman–Crippen LogP) is 2.27.